The number of amides is 1. The van der Waals surface area contributed by atoms with E-state index in [2.05, 4.69) is 10.3 Å². The molecule has 0 saturated heterocycles. The number of anilines is 1. The van der Waals surface area contributed by atoms with Gasteiger partial charge in [-0.25, -0.2) is 4.79 Å². The summed E-state index contributed by atoms with van der Waals surface area (Å²) in [7, 11) is 0. The lowest BCUT2D eigenvalue weighted by Crippen LogP contribution is -2.13. The minimum absolute atomic E-state index is 0.226. The van der Waals surface area contributed by atoms with Crippen LogP contribution in [0.2, 0.25) is 0 Å². The van der Waals surface area contributed by atoms with Crippen LogP contribution in [0.1, 0.15) is 31.2 Å². The maximum atomic E-state index is 12.8. The number of hydrogen-bond acceptors (Lipinski definition) is 6. The van der Waals surface area contributed by atoms with Crippen molar-refractivity contribution in [3.05, 3.63) is 106 Å². The van der Waals surface area contributed by atoms with Crippen molar-refractivity contribution >= 4 is 28.9 Å². The number of thiophene rings is 1. The van der Waals surface area contributed by atoms with E-state index in [1.807, 2.05) is 41.8 Å². The number of aromatic nitrogens is 1. The number of rotatable bonds is 9. The van der Waals surface area contributed by atoms with Gasteiger partial charge in [-0.2, -0.15) is 0 Å². The first kappa shape index (κ1) is 23.4. The van der Waals surface area contributed by atoms with Crippen LogP contribution >= 0.6 is 11.3 Å². The molecular weight excluding hydrogens is 446 g/mol. The summed E-state index contributed by atoms with van der Waals surface area (Å²) in [5, 5.41) is 4.88. The molecule has 0 aliphatic carbocycles. The predicted molar refractivity (Wildman–Crippen MR) is 135 cm³/mol. The molecule has 7 heteroatoms. The molecule has 2 aromatic heterocycles. The highest BCUT2D eigenvalue weighted by Crippen LogP contribution is 2.27. The minimum atomic E-state index is -0.370. The smallest absolute Gasteiger partial charge is 0.338 e. The molecule has 0 aliphatic rings. The summed E-state index contributed by atoms with van der Waals surface area (Å²) in [4.78, 5) is 30.6. The second-order valence-electron chi connectivity index (χ2n) is 7.65. The fraction of sp³-hybridized carbons (Fsp3) is 0.148. The van der Waals surface area contributed by atoms with Crippen LogP contribution in [0.3, 0.4) is 0 Å². The molecule has 2 heterocycles. The molecule has 34 heavy (non-hydrogen) atoms. The highest BCUT2D eigenvalue weighted by atomic mass is 32.1. The topological polar surface area (TPSA) is 94.3 Å². The number of nitrogens with zero attached hydrogens (tertiary/aromatic N) is 1. The average Bonchev–Trinajstić information content (AvgIpc) is 3.39. The largest absolute Gasteiger partial charge is 0.462 e. The van der Waals surface area contributed by atoms with Gasteiger partial charge in [0.2, 0.25) is 0 Å². The Morgan fingerprint density at radius 2 is 1.79 bits per heavy atom. The van der Waals surface area contributed by atoms with Gasteiger partial charge >= 0.3 is 5.97 Å². The number of hydrogen-bond donors (Lipinski definition) is 2. The SMILES string of the molecule is NCCc1ccc(C(=O)Nc2ccncc2)cc1-c1cccc(C(=O)OCCc2cccs2)c1. The Kier molecular flexibility index (Phi) is 7.80. The number of carbonyl (C=O) groups is 2. The molecule has 4 rings (SSSR count). The highest BCUT2D eigenvalue weighted by Gasteiger charge is 2.14. The number of benzene rings is 2. The maximum Gasteiger partial charge on any atom is 0.338 e. The van der Waals surface area contributed by atoms with Crippen molar-refractivity contribution in [1.29, 1.82) is 0 Å². The van der Waals surface area contributed by atoms with Crippen molar-refractivity contribution < 1.29 is 14.3 Å². The summed E-state index contributed by atoms with van der Waals surface area (Å²) in [6.45, 7) is 0.798. The molecule has 6 nitrogen and oxygen atoms in total. The van der Waals surface area contributed by atoms with Gasteiger partial charge in [0, 0.05) is 34.9 Å². The molecule has 0 aliphatic heterocycles. The number of nitrogens with two attached hydrogens (primary N) is 1. The maximum absolute atomic E-state index is 12.8. The first-order valence-corrected chi connectivity index (χ1v) is 11.9. The van der Waals surface area contributed by atoms with Crippen LogP contribution in [0.4, 0.5) is 5.69 Å². The van der Waals surface area contributed by atoms with E-state index < -0.39 is 0 Å². The summed E-state index contributed by atoms with van der Waals surface area (Å²) in [5.74, 6) is -0.596. The zero-order valence-corrected chi connectivity index (χ0v) is 19.4. The Hall–Kier alpha value is -3.81. The van der Waals surface area contributed by atoms with Crippen LogP contribution in [0.5, 0.6) is 0 Å². The standard InChI is InChI=1S/C27H25N3O3S/c28-12-8-19-6-7-21(26(31)30-23-9-13-29-14-10-23)18-25(19)20-3-1-4-22(17-20)27(32)33-15-11-24-5-2-16-34-24/h1-7,9-10,13-14,16-18H,8,11-12,15,28H2,(H,29,30,31). The molecule has 1 amide bonds. The lowest BCUT2D eigenvalue weighted by atomic mass is 9.94. The number of carbonyl (C=O) groups excluding carboxylic acids is 2. The molecule has 2 aromatic carbocycles. The van der Waals surface area contributed by atoms with Gasteiger partial charge in [0.1, 0.15) is 0 Å². The lowest BCUT2D eigenvalue weighted by Gasteiger charge is -2.13. The third-order valence-corrected chi connectivity index (χ3v) is 6.23. The molecular formula is C27H25N3O3S. The zero-order valence-electron chi connectivity index (χ0n) is 18.6. The fourth-order valence-corrected chi connectivity index (χ4v) is 4.28. The molecule has 0 fully saturated rings. The first-order valence-electron chi connectivity index (χ1n) is 11.0. The van der Waals surface area contributed by atoms with Crippen LogP contribution in [-0.4, -0.2) is 30.0 Å². The van der Waals surface area contributed by atoms with Gasteiger partial charge in [0.05, 0.1) is 12.2 Å². The van der Waals surface area contributed by atoms with E-state index in [-0.39, 0.29) is 11.9 Å². The van der Waals surface area contributed by atoms with Gasteiger partial charge in [0.15, 0.2) is 0 Å². The van der Waals surface area contributed by atoms with Crippen LogP contribution < -0.4 is 11.1 Å². The van der Waals surface area contributed by atoms with Gasteiger partial charge in [-0.05, 0) is 77.5 Å². The molecule has 0 radical (unpaired) electrons. The lowest BCUT2D eigenvalue weighted by molar-refractivity contribution is 0.0510. The molecule has 0 atom stereocenters. The van der Waals surface area contributed by atoms with E-state index in [9.17, 15) is 9.59 Å². The predicted octanol–water partition coefficient (Wildman–Crippen LogP) is 4.96. The summed E-state index contributed by atoms with van der Waals surface area (Å²) in [5.41, 5.74) is 10.2. The third kappa shape index (κ3) is 5.95. The highest BCUT2D eigenvalue weighted by molar-refractivity contribution is 7.09. The van der Waals surface area contributed by atoms with E-state index in [1.165, 1.54) is 4.88 Å². The van der Waals surface area contributed by atoms with Crippen molar-refractivity contribution in [1.82, 2.24) is 4.98 Å². The summed E-state index contributed by atoms with van der Waals surface area (Å²) < 4.78 is 5.48. The Morgan fingerprint density at radius 3 is 2.56 bits per heavy atom. The summed E-state index contributed by atoms with van der Waals surface area (Å²) >= 11 is 1.64. The summed E-state index contributed by atoms with van der Waals surface area (Å²) in [6, 6.07) is 20.3. The van der Waals surface area contributed by atoms with Crippen molar-refractivity contribution in [3.8, 4) is 11.1 Å². The first-order chi connectivity index (χ1) is 16.6. The molecule has 0 unspecified atom stereocenters. The number of nitrogens with one attached hydrogen (secondary N) is 1. The molecule has 0 spiro atoms. The number of esters is 1. The zero-order chi connectivity index (χ0) is 23.8. The van der Waals surface area contributed by atoms with Crippen molar-refractivity contribution in [2.24, 2.45) is 5.73 Å². The average molecular weight is 472 g/mol. The van der Waals surface area contributed by atoms with Crippen molar-refractivity contribution in [2.45, 2.75) is 12.8 Å². The van der Waals surface area contributed by atoms with Gasteiger partial charge in [-0.15, -0.1) is 11.3 Å². The molecule has 172 valence electrons. The van der Waals surface area contributed by atoms with Crippen molar-refractivity contribution in [3.63, 3.8) is 0 Å². The van der Waals surface area contributed by atoms with Crippen LogP contribution in [-0.2, 0) is 17.6 Å². The van der Waals surface area contributed by atoms with E-state index in [4.69, 9.17) is 10.5 Å². The van der Waals surface area contributed by atoms with Crippen LogP contribution in [0, 0.1) is 0 Å². The van der Waals surface area contributed by atoms with E-state index in [1.54, 1.807) is 54.1 Å². The molecule has 3 N–H and O–H groups in total. The van der Waals surface area contributed by atoms with Crippen LogP contribution in [0.25, 0.3) is 11.1 Å². The third-order valence-electron chi connectivity index (χ3n) is 5.29. The van der Waals surface area contributed by atoms with Crippen LogP contribution in [0.15, 0.2) is 84.5 Å². The Bertz CT molecular complexity index is 1260. The normalized spacial score (nSPS) is 10.6. The second-order valence-corrected chi connectivity index (χ2v) is 8.68. The van der Waals surface area contributed by atoms with Gasteiger partial charge in [0.25, 0.3) is 5.91 Å². The molecule has 0 saturated carbocycles. The quantitative estimate of drug-likeness (QED) is 0.336. The number of pyridine rings is 1. The van der Waals surface area contributed by atoms with Gasteiger partial charge < -0.3 is 15.8 Å². The van der Waals surface area contributed by atoms with Gasteiger partial charge in [-0.3, -0.25) is 9.78 Å². The molecule has 4 aromatic rings. The monoisotopic (exact) mass is 471 g/mol. The van der Waals surface area contributed by atoms with E-state index >= 15 is 0 Å². The molecule has 0 bridgehead atoms. The van der Waals surface area contributed by atoms with Crippen molar-refractivity contribution in [2.75, 3.05) is 18.5 Å². The Morgan fingerprint density at radius 1 is 0.941 bits per heavy atom. The Balaban J connectivity index is 1.55. The Labute approximate surface area is 202 Å². The minimum Gasteiger partial charge on any atom is -0.462 e. The summed E-state index contributed by atoms with van der Waals surface area (Å²) in [6.07, 6.45) is 4.59. The second kappa shape index (κ2) is 11.4. The van der Waals surface area contributed by atoms with Gasteiger partial charge in [-0.1, -0.05) is 24.3 Å². The fourth-order valence-electron chi connectivity index (χ4n) is 3.59. The van der Waals surface area contributed by atoms with E-state index in [0.717, 1.165) is 16.7 Å². The number of ether oxygens (including phenoxy) is 1. The van der Waals surface area contributed by atoms with E-state index in [0.29, 0.717) is 42.8 Å².